The smallest absolute Gasteiger partial charge is 0.260 e. The number of benzene rings is 1. The van der Waals surface area contributed by atoms with Crippen molar-refractivity contribution in [2.75, 3.05) is 16.2 Å². The molecular weight excluding hydrogens is 393 g/mol. The minimum Gasteiger partial charge on any atom is -0.506 e. The van der Waals surface area contributed by atoms with E-state index in [2.05, 4.69) is 15.3 Å². The molecule has 6 N–H and O–H groups in total. The van der Waals surface area contributed by atoms with Crippen LogP contribution in [0.25, 0.3) is 0 Å². The third kappa shape index (κ3) is 3.25. The van der Waals surface area contributed by atoms with Gasteiger partial charge >= 0.3 is 0 Å². The van der Waals surface area contributed by atoms with Crippen molar-refractivity contribution in [3.05, 3.63) is 39.6 Å². The van der Waals surface area contributed by atoms with Crippen LogP contribution in [0.4, 0.5) is 21.7 Å². The highest BCUT2D eigenvalue weighted by atomic mass is 32.3. The number of aromatic nitrogens is 2. The second-order valence-corrected chi connectivity index (χ2v) is 8.26. The quantitative estimate of drug-likeness (QED) is 0.447. The number of carbonyl (C=O) groups excluding carboxylic acids is 1. The van der Waals surface area contributed by atoms with Gasteiger partial charge in [0.15, 0.2) is 5.82 Å². The minimum atomic E-state index is -3.77. The van der Waals surface area contributed by atoms with Gasteiger partial charge in [0.25, 0.3) is 11.5 Å². The molecule has 1 fully saturated rings. The molecule has 1 aliphatic carbocycles. The molecule has 2 aliphatic rings. The fraction of sp³-hybridized carbons (Fsp3) is 0.312. The summed E-state index contributed by atoms with van der Waals surface area (Å²) in [5.41, 5.74) is 0.652. The summed E-state index contributed by atoms with van der Waals surface area (Å²) in [6.07, 6.45) is 3.21. The molecule has 1 aliphatic heterocycles. The predicted octanol–water partition coefficient (Wildman–Crippen LogP) is 1.75. The van der Waals surface area contributed by atoms with Crippen molar-refractivity contribution >= 4 is 34.2 Å². The summed E-state index contributed by atoms with van der Waals surface area (Å²) in [5.74, 6) is -2.20. The van der Waals surface area contributed by atoms with Crippen LogP contribution in [0.1, 0.15) is 24.1 Å². The Labute approximate surface area is 160 Å². The van der Waals surface area contributed by atoms with Crippen molar-refractivity contribution in [3.63, 3.8) is 0 Å². The molecule has 0 unspecified atom stereocenters. The molecule has 0 atom stereocenters. The lowest BCUT2D eigenvalue weighted by Gasteiger charge is -2.36. The van der Waals surface area contributed by atoms with E-state index in [1.165, 1.54) is 0 Å². The normalized spacial score (nSPS) is 19.1. The number of fused-ring (bicyclic) bond motifs is 1. The van der Waals surface area contributed by atoms with Gasteiger partial charge in [-0.3, -0.25) is 23.7 Å². The third-order valence-electron chi connectivity index (χ3n) is 4.59. The fourth-order valence-corrected chi connectivity index (χ4v) is 4.58. The lowest BCUT2D eigenvalue weighted by Crippen LogP contribution is -2.26. The van der Waals surface area contributed by atoms with Crippen molar-refractivity contribution in [1.29, 1.82) is 0 Å². The van der Waals surface area contributed by atoms with E-state index < -0.39 is 40.7 Å². The summed E-state index contributed by atoms with van der Waals surface area (Å²) in [6.45, 7) is -0.515. The lowest BCUT2D eigenvalue weighted by atomic mass is 9.97. The van der Waals surface area contributed by atoms with Gasteiger partial charge < -0.3 is 10.4 Å². The molecular formula is C16H18FN5O5S. The minimum absolute atomic E-state index is 0.0904. The van der Waals surface area contributed by atoms with Crippen LogP contribution >= 0.6 is 11.0 Å². The fourth-order valence-electron chi connectivity index (χ4n) is 3.37. The number of halogens is 1. The summed E-state index contributed by atoms with van der Waals surface area (Å²) in [6, 6.07) is 2.13. The zero-order valence-corrected chi connectivity index (χ0v) is 15.3. The molecule has 1 saturated heterocycles. The molecule has 4 rings (SSSR count). The molecule has 10 nitrogen and oxygen atoms in total. The Morgan fingerprint density at radius 3 is 2.64 bits per heavy atom. The number of aryl methyl sites for hydroxylation is 1. The number of hydrogen-bond donors (Lipinski definition) is 6. The summed E-state index contributed by atoms with van der Waals surface area (Å²) >= 11 is 0. The molecule has 0 saturated carbocycles. The Hall–Kier alpha value is -2.83. The number of amides is 1. The van der Waals surface area contributed by atoms with Crippen LogP contribution in [0.3, 0.4) is 0 Å². The van der Waals surface area contributed by atoms with E-state index >= 15 is 0 Å². The Morgan fingerprint density at radius 2 is 1.96 bits per heavy atom. The van der Waals surface area contributed by atoms with Gasteiger partial charge in [0.1, 0.15) is 18.0 Å². The van der Waals surface area contributed by atoms with Crippen LogP contribution in [0.2, 0.25) is 0 Å². The number of carbonyl (C=O) groups is 1. The average Bonchev–Trinajstić information content (AvgIpc) is 2.86. The lowest BCUT2D eigenvalue weighted by molar-refractivity contribution is -0.117. The number of H-pyrrole nitrogens is 1. The number of phenolic OH excluding ortho intramolecular Hbond substituents is 1. The summed E-state index contributed by atoms with van der Waals surface area (Å²) in [4.78, 5) is 30.5. The molecule has 1 aromatic carbocycles. The van der Waals surface area contributed by atoms with Crippen molar-refractivity contribution < 1.29 is 23.4 Å². The number of nitrogens with zero attached hydrogens (tertiary/aromatic N) is 2. The number of nitrogens with one attached hydrogen (secondary N) is 3. The second kappa shape index (κ2) is 6.65. The van der Waals surface area contributed by atoms with Gasteiger partial charge in [-0.15, -0.1) is 0 Å². The predicted molar refractivity (Wildman–Crippen MR) is 101 cm³/mol. The SMILES string of the molecule is O=C1CN(c2c(O)cc(Nc3nc4c(c(=O)[nH]3)CCCC4)cc2F)S(O)(O)N1. The van der Waals surface area contributed by atoms with E-state index in [0.717, 1.165) is 25.0 Å². The largest absolute Gasteiger partial charge is 0.506 e. The standard InChI is InChI=1S/C16H18FN5O5S/c17-10-5-8(6-12(23)14(10)22-7-13(24)21-28(22,26)27)18-16-19-11-4-2-1-3-9(11)15(25)20-16/h5-6,23,26-27H,1-4,7H2,(H,21,24)(H2,18,19,20,25). The zero-order valence-electron chi connectivity index (χ0n) is 14.5. The number of aromatic hydroxyl groups is 1. The number of hydrogen-bond acceptors (Lipinski definition) is 8. The first kappa shape index (κ1) is 18.5. The maximum atomic E-state index is 14.6. The number of phenols is 1. The molecule has 0 spiro atoms. The molecule has 0 bridgehead atoms. The van der Waals surface area contributed by atoms with E-state index in [1.807, 2.05) is 4.72 Å². The van der Waals surface area contributed by atoms with Gasteiger partial charge in [-0.2, -0.15) is 0 Å². The summed E-state index contributed by atoms with van der Waals surface area (Å²) < 4.78 is 36.9. The highest BCUT2D eigenvalue weighted by molar-refractivity contribution is 8.24. The van der Waals surface area contributed by atoms with Crippen LogP contribution in [0, 0.1) is 5.82 Å². The average molecular weight is 411 g/mol. The van der Waals surface area contributed by atoms with Gasteiger partial charge in [-0.05, 0) is 42.7 Å². The number of aromatic amines is 1. The van der Waals surface area contributed by atoms with Gasteiger partial charge in [0.2, 0.25) is 5.95 Å². The van der Waals surface area contributed by atoms with E-state index in [0.29, 0.717) is 28.4 Å². The first-order valence-electron chi connectivity index (χ1n) is 8.53. The first-order chi connectivity index (χ1) is 13.2. The molecule has 12 heteroatoms. The Bertz CT molecular complexity index is 1000. The maximum Gasteiger partial charge on any atom is 0.260 e. The van der Waals surface area contributed by atoms with Gasteiger partial charge in [-0.25, -0.2) is 18.4 Å². The van der Waals surface area contributed by atoms with Crippen molar-refractivity contribution in [3.8, 4) is 5.75 Å². The van der Waals surface area contributed by atoms with Gasteiger partial charge in [-0.1, -0.05) is 0 Å². The molecule has 1 amide bonds. The van der Waals surface area contributed by atoms with E-state index in [4.69, 9.17) is 0 Å². The highest BCUT2D eigenvalue weighted by Crippen LogP contribution is 2.50. The number of anilines is 3. The third-order valence-corrected chi connectivity index (χ3v) is 6.02. The van der Waals surface area contributed by atoms with Crippen molar-refractivity contribution in [1.82, 2.24) is 14.7 Å². The highest BCUT2D eigenvalue weighted by Gasteiger charge is 2.38. The first-order valence-corrected chi connectivity index (χ1v) is 10.0. The molecule has 1 aromatic heterocycles. The van der Waals surface area contributed by atoms with Crippen molar-refractivity contribution in [2.24, 2.45) is 0 Å². The van der Waals surface area contributed by atoms with Crippen molar-refractivity contribution in [2.45, 2.75) is 25.7 Å². The Balaban J connectivity index is 1.65. The van der Waals surface area contributed by atoms with Crippen LogP contribution in [-0.4, -0.2) is 36.6 Å². The summed E-state index contributed by atoms with van der Waals surface area (Å²) in [7, 11) is -3.77. The van der Waals surface area contributed by atoms with E-state index in [-0.39, 0.29) is 17.2 Å². The molecule has 150 valence electrons. The molecule has 2 aromatic rings. The second-order valence-electron chi connectivity index (χ2n) is 6.58. The Kier molecular flexibility index (Phi) is 4.40. The maximum absolute atomic E-state index is 14.6. The monoisotopic (exact) mass is 411 g/mol. The van der Waals surface area contributed by atoms with Crippen LogP contribution in [-0.2, 0) is 17.6 Å². The number of rotatable bonds is 3. The topological polar surface area (TPSA) is 151 Å². The van der Waals surface area contributed by atoms with Crippen LogP contribution in [0.15, 0.2) is 16.9 Å². The van der Waals surface area contributed by atoms with Crippen LogP contribution < -0.4 is 19.9 Å². The van der Waals surface area contributed by atoms with Gasteiger partial charge in [0.05, 0.1) is 5.69 Å². The van der Waals surface area contributed by atoms with E-state index in [9.17, 15) is 28.2 Å². The van der Waals surface area contributed by atoms with Crippen LogP contribution in [0.5, 0.6) is 5.75 Å². The summed E-state index contributed by atoms with van der Waals surface area (Å²) in [5, 5.41) is 13.0. The van der Waals surface area contributed by atoms with Gasteiger partial charge in [0, 0.05) is 17.3 Å². The Morgan fingerprint density at radius 1 is 1.21 bits per heavy atom. The molecule has 28 heavy (non-hydrogen) atoms. The zero-order chi connectivity index (χ0) is 20.1. The molecule has 2 heterocycles. The van der Waals surface area contributed by atoms with E-state index in [1.54, 1.807) is 0 Å². The molecule has 0 radical (unpaired) electrons.